The van der Waals surface area contributed by atoms with Crippen LogP contribution in [0.2, 0.25) is 0 Å². The summed E-state index contributed by atoms with van der Waals surface area (Å²) in [5.41, 5.74) is 4.28. The van der Waals surface area contributed by atoms with Crippen molar-refractivity contribution in [2.45, 2.75) is 6.04 Å². The van der Waals surface area contributed by atoms with Crippen molar-refractivity contribution in [3.63, 3.8) is 0 Å². The Morgan fingerprint density at radius 1 is 1.00 bits per heavy atom. The van der Waals surface area contributed by atoms with Crippen molar-refractivity contribution in [3.8, 4) is 17.0 Å². The molecule has 0 aliphatic carbocycles. The van der Waals surface area contributed by atoms with Crippen molar-refractivity contribution in [1.29, 1.82) is 0 Å². The first-order chi connectivity index (χ1) is 15.6. The second kappa shape index (κ2) is 7.70. The van der Waals surface area contributed by atoms with Gasteiger partial charge >= 0.3 is 5.97 Å². The van der Waals surface area contributed by atoms with Crippen molar-refractivity contribution in [2.24, 2.45) is 0 Å². The summed E-state index contributed by atoms with van der Waals surface area (Å²) in [4.78, 5) is 26.5. The summed E-state index contributed by atoms with van der Waals surface area (Å²) in [6.07, 6.45) is 0. The smallest absolute Gasteiger partial charge is 0.335 e. The number of ether oxygens (including phenoxy) is 1. The van der Waals surface area contributed by atoms with Crippen LogP contribution in [-0.2, 0) is 0 Å². The Morgan fingerprint density at radius 3 is 2.38 bits per heavy atom. The van der Waals surface area contributed by atoms with E-state index in [1.807, 2.05) is 54.6 Å². The molecule has 1 aliphatic rings. The van der Waals surface area contributed by atoms with E-state index in [-0.39, 0.29) is 11.5 Å². The number of hydrogen-bond donors (Lipinski definition) is 2. The average Bonchev–Trinajstić information content (AvgIpc) is 3.38. The van der Waals surface area contributed by atoms with Crippen LogP contribution in [0.1, 0.15) is 38.0 Å². The second-order valence-electron chi connectivity index (χ2n) is 7.40. The van der Waals surface area contributed by atoms with E-state index >= 15 is 0 Å². The number of carbonyl (C=O) groups is 2. The fraction of sp³-hybridized carbons (Fsp3) is 0.0800. The molecular formula is C25H19N3O4. The van der Waals surface area contributed by atoms with Crippen LogP contribution in [-0.4, -0.2) is 34.3 Å². The van der Waals surface area contributed by atoms with E-state index in [1.54, 1.807) is 24.1 Å². The van der Waals surface area contributed by atoms with E-state index < -0.39 is 12.0 Å². The number of carboxylic acid groups (broad SMARTS) is 1. The maximum Gasteiger partial charge on any atom is 0.335 e. The van der Waals surface area contributed by atoms with Crippen molar-refractivity contribution in [3.05, 3.63) is 101 Å². The number of benzene rings is 3. The molecule has 2 heterocycles. The molecule has 4 aromatic rings. The highest BCUT2D eigenvalue weighted by Crippen LogP contribution is 2.47. The fourth-order valence-corrected chi connectivity index (χ4v) is 4.18. The lowest BCUT2D eigenvalue weighted by molar-refractivity contribution is 0.0696. The molecule has 0 spiro atoms. The molecule has 5 rings (SSSR count). The summed E-state index contributed by atoms with van der Waals surface area (Å²) >= 11 is 0. The van der Waals surface area contributed by atoms with Crippen LogP contribution in [0.15, 0.2) is 78.9 Å². The molecule has 2 N–H and O–H groups in total. The number of rotatable bonds is 5. The zero-order valence-corrected chi connectivity index (χ0v) is 17.1. The Hall–Kier alpha value is -4.39. The van der Waals surface area contributed by atoms with Crippen LogP contribution >= 0.6 is 0 Å². The largest absolute Gasteiger partial charge is 0.496 e. The Bertz CT molecular complexity index is 1310. The zero-order valence-electron chi connectivity index (χ0n) is 17.1. The lowest BCUT2D eigenvalue weighted by Gasteiger charge is -2.27. The number of nitrogens with zero attached hydrogens (tertiary/aromatic N) is 2. The molecule has 1 aromatic heterocycles. The quantitative estimate of drug-likeness (QED) is 0.490. The van der Waals surface area contributed by atoms with Gasteiger partial charge in [0.25, 0.3) is 5.91 Å². The van der Waals surface area contributed by atoms with Gasteiger partial charge in [-0.3, -0.25) is 14.8 Å². The van der Waals surface area contributed by atoms with Crippen LogP contribution in [0.4, 0.5) is 5.69 Å². The van der Waals surface area contributed by atoms with E-state index in [2.05, 4.69) is 10.2 Å². The number of aromatic amines is 1. The topological polar surface area (TPSA) is 95.5 Å². The third-order valence-electron chi connectivity index (χ3n) is 5.64. The SMILES string of the molecule is COc1ccccc1[C@@H]1c2c(-c3ccccc3)n[nH]c2C(=O)N1c1ccc(C(=O)O)cc1. The summed E-state index contributed by atoms with van der Waals surface area (Å²) in [7, 11) is 1.59. The standard InChI is InChI=1S/C25H19N3O4/c1-32-19-10-6-5-9-18(19)23-20-21(15-7-3-2-4-8-15)26-27-22(20)24(29)28(23)17-13-11-16(12-14-17)25(30)31/h2-14,23H,1H3,(H,26,27)(H,30,31)/t23-/m1/s1. The Morgan fingerprint density at radius 2 is 1.69 bits per heavy atom. The molecule has 158 valence electrons. The van der Waals surface area contributed by atoms with Gasteiger partial charge in [-0.2, -0.15) is 5.10 Å². The second-order valence-corrected chi connectivity index (χ2v) is 7.40. The molecule has 0 unspecified atom stereocenters. The van der Waals surface area contributed by atoms with Gasteiger partial charge in [0.1, 0.15) is 11.4 Å². The molecule has 0 bridgehead atoms. The van der Waals surface area contributed by atoms with Crippen molar-refractivity contribution < 1.29 is 19.4 Å². The first kappa shape index (κ1) is 19.6. The predicted octanol–water partition coefficient (Wildman–Crippen LogP) is 4.53. The number of amides is 1. The van der Waals surface area contributed by atoms with E-state index in [0.717, 1.165) is 16.7 Å². The van der Waals surface area contributed by atoms with Gasteiger partial charge in [0.15, 0.2) is 0 Å². The Kier molecular flexibility index (Phi) is 4.71. The maximum atomic E-state index is 13.5. The number of anilines is 1. The number of para-hydroxylation sites is 1. The molecule has 0 radical (unpaired) electrons. The van der Waals surface area contributed by atoms with Gasteiger partial charge in [0.2, 0.25) is 0 Å². The van der Waals surface area contributed by atoms with Gasteiger partial charge in [-0.1, -0.05) is 48.5 Å². The zero-order chi connectivity index (χ0) is 22.2. The number of aromatic carboxylic acids is 1. The minimum atomic E-state index is -1.02. The first-order valence-electron chi connectivity index (χ1n) is 10.0. The molecule has 1 amide bonds. The van der Waals surface area contributed by atoms with Crippen molar-refractivity contribution in [1.82, 2.24) is 10.2 Å². The third kappa shape index (κ3) is 3.02. The molecule has 7 heteroatoms. The molecule has 0 saturated heterocycles. The molecule has 1 atom stereocenters. The van der Waals surface area contributed by atoms with E-state index in [4.69, 9.17) is 4.74 Å². The normalized spacial score (nSPS) is 15.0. The van der Waals surface area contributed by atoms with Gasteiger partial charge in [0, 0.05) is 22.4 Å². The van der Waals surface area contributed by atoms with Crippen LogP contribution in [0.5, 0.6) is 5.75 Å². The summed E-state index contributed by atoms with van der Waals surface area (Å²) in [6, 6.07) is 23.0. The van der Waals surface area contributed by atoms with Gasteiger partial charge in [-0.15, -0.1) is 0 Å². The molecule has 3 aromatic carbocycles. The maximum absolute atomic E-state index is 13.5. The summed E-state index contributed by atoms with van der Waals surface area (Å²) in [5.74, 6) is -0.620. The minimum absolute atomic E-state index is 0.152. The number of hydrogen-bond acceptors (Lipinski definition) is 4. The molecule has 0 saturated carbocycles. The average molecular weight is 425 g/mol. The van der Waals surface area contributed by atoms with Crippen LogP contribution in [0.25, 0.3) is 11.3 Å². The molecular weight excluding hydrogens is 406 g/mol. The first-order valence-corrected chi connectivity index (χ1v) is 10.0. The highest BCUT2D eigenvalue weighted by molar-refractivity contribution is 6.12. The van der Waals surface area contributed by atoms with E-state index in [9.17, 15) is 14.7 Å². The highest BCUT2D eigenvalue weighted by Gasteiger charge is 2.44. The van der Waals surface area contributed by atoms with Crippen LogP contribution in [0, 0.1) is 0 Å². The number of aromatic nitrogens is 2. The number of carboxylic acids is 1. The number of carbonyl (C=O) groups excluding carboxylic acids is 1. The summed E-state index contributed by atoms with van der Waals surface area (Å²) < 4.78 is 5.62. The number of H-pyrrole nitrogens is 1. The number of fused-ring (bicyclic) bond motifs is 1. The van der Waals surface area contributed by atoms with E-state index in [0.29, 0.717) is 22.8 Å². The fourth-order valence-electron chi connectivity index (χ4n) is 4.18. The summed E-state index contributed by atoms with van der Waals surface area (Å²) in [6.45, 7) is 0. The Labute approximate surface area is 183 Å². The molecule has 0 fully saturated rings. The van der Waals surface area contributed by atoms with E-state index in [1.165, 1.54) is 12.1 Å². The minimum Gasteiger partial charge on any atom is -0.496 e. The van der Waals surface area contributed by atoms with Gasteiger partial charge in [-0.25, -0.2) is 4.79 Å². The predicted molar refractivity (Wildman–Crippen MR) is 119 cm³/mol. The van der Waals surface area contributed by atoms with Gasteiger partial charge in [-0.05, 0) is 30.3 Å². The molecule has 1 aliphatic heterocycles. The monoisotopic (exact) mass is 425 g/mol. The Balaban J connectivity index is 1.72. The van der Waals surface area contributed by atoms with Crippen molar-refractivity contribution in [2.75, 3.05) is 12.0 Å². The van der Waals surface area contributed by atoms with Gasteiger partial charge in [0.05, 0.1) is 24.4 Å². The van der Waals surface area contributed by atoms with Crippen LogP contribution < -0.4 is 9.64 Å². The van der Waals surface area contributed by atoms with Crippen molar-refractivity contribution >= 4 is 17.6 Å². The van der Waals surface area contributed by atoms with Gasteiger partial charge < -0.3 is 9.84 Å². The third-order valence-corrected chi connectivity index (χ3v) is 5.64. The molecule has 32 heavy (non-hydrogen) atoms. The lowest BCUT2D eigenvalue weighted by atomic mass is 9.95. The number of nitrogens with one attached hydrogen (secondary N) is 1. The lowest BCUT2D eigenvalue weighted by Crippen LogP contribution is -2.29. The highest BCUT2D eigenvalue weighted by atomic mass is 16.5. The van der Waals surface area contributed by atoms with Crippen LogP contribution in [0.3, 0.4) is 0 Å². The molecule has 7 nitrogen and oxygen atoms in total. The number of methoxy groups -OCH3 is 1. The summed E-state index contributed by atoms with van der Waals surface area (Å²) in [5, 5.41) is 16.6.